The van der Waals surface area contributed by atoms with E-state index < -0.39 is 5.38 Å². The monoisotopic (exact) mass is 464 g/mol. The highest BCUT2D eigenvalue weighted by Gasteiger charge is 2.48. The van der Waals surface area contributed by atoms with E-state index in [9.17, 15) is 9.18 Å². The van der Waals surface area contributed by atoms with Crippen LogP contribution in [-0.2, 0) is 6.54 Å². The zero-order valence-electron chi connectivity index (χ0n) is 17.0. The number of alkyl halides is 2. The lowest BCUT2D eigenvalue weighted by Gasteiger charge is -2.41. The molecule has 2 N–H and O–H groups in total. The molecule has 0 saturated carbocycles. The average molecular weight is 465 g/mol. The lowest BCUT2D eigenvalue weighted by atomic mass is 9.73. The van der Waals surface area contributed by atoms with Crippen LogP contribution in [0.5, 0.6) is 0 Å². The molecule has 10 heteroatoms. The van der Waals surface area contributed by atoms with Gasteiger partial charge in [-0.3, -0.25) is 14.0 Å². The zero-order valence-corrected chi connectivity index (χ0v) is 18.5. The molecular weight excluding hydrogens is 442 g/mol. The molecule has 0 bridgehead atoms. The molecule has 164 valence electrons. The summed E-state index contributed by atoms with van der Waals surface area (Å²) in [6.45, 7) is 3.78. The third kappa shape index (κ3) is 3.23. The summed E-state index contributed by atoms with van der Waals surface area (Å²) in [7, 11) is 0. The van der Waals surface area contributed by atoms with E-state index in [1.54, 1.807) is 29.8 Å². The Labute approximate surface area is 188 Å². The second-order valence-electron chi connectivity index (χ2n) is 8.52. The summed E-state index contributed by atoms with van der Waals surface area (Å²) in [6.07, 6.45) is 8.16. The van der Waals surface area contributed by atoms with Crippen molar-refractivity contribution in [3.05, 3.63) is 58.2 Å². The molecule has 0 aromatic carbocycles. The van der Waals surface area contributed by atoms with Gasteiger partial charge < -0.3 is 10.6 Å². The standard InChI is InChI=1S/C21H23Cl2FN6O/c1-12-27-16(9-17(31)30(12)15-4-2-3-13(22)18(15)23)28-7-5-21(6-8-28)11-29-19(20(21)25)14(24)10-26-29/h2-4,9-10,13,18,20H,5-8,11,25H2,1H3. The van der Waals surface area contributed by atoms with Crippen LogP contribution in [0, 0.1) is 18.2 Å². The van der Waals surface area contributed by atoms with Crippen molar-refractivity contribution in [1.82, 2.24) is 19.3 Å². The number of hydrogen-bond acceptors (Lipinski definition) is 5. The van der Waals surface area contributed by atoms with Crippen molar-refractivity contribution in [1.29, 1.82) is 0 Å². The van der Waals surface area contributed by atoms with Crippen molar-refractivity contribution < 1.29 is 4.39 Å². The SMILES string of the molecule is Cc1nc(N2CCC3(CC2)Cn2ncc(F)c2C3N)cc(=O)n1C1=CC=CC(Cl)C1Cl. The maximum absolute atomic E-state index is 14.1. The fraction of sp³-hybridized carbons (Fsp3) is 0.476. The van der Waals surface area contributed by atoms with Gasteiger partial charge in [0.25, 0.3) is 5.56 Å². The predicted molar refractivity (Wildman–Crippen MR) is 119 cm³/mol. The second-order valence-corrected chi connectivity index (χ2v) is 9.49. The Morgan fingerprint density at radius 1 is 1.29 bits per heavy atom. The van der Waals surface area contributed by atoms with Crippen molar-refractivity contribution in [2.75, 3.05) is 18.0 Å². The number of allylic oxidation sites excluding steroid dienone is 4. The van der Waals surface area contributed by atoms with E-state index in [0.29, 0.717) is 42.7 Å². The van der Waals surface area contributed by atoms with Crippen molar-refractivity contribution in [3.8, 4) is 0 Å². The number of halogens is 3. The fourth-order valence-corrected chi connectivity index (χ4v) is 5.48. The van der Waals surface area contributed by atoms with Crippen LogP contribution in [0.2, 0.25) is 0 Å². The maximum Gasteiger partial charge on any atom is 0.259 e. The van der Waals surface area contributed by atoms with Crippen molar-refractivity contribution in [3.63, 3.8) is 0 Å². The molecule has 2 aromatic heterocycles. The topological polar surface area (TPSA) is 82.0 Å². The molecule has 1 spiro atoms. The lowest BCUT2D eigenvalue weighted by Crippen LogP contribution is -2.45. The van der Waals surface area contributed by atoms with Crippen LogP contribution in [0.4, 0.5) is 10.2 Å². The third-order valence-corrected chi connectivity index (χ3v) is 7.81. The van der Waals surface area contributed by atoms with Gasteiger partial charge >= 0.3 is 0 Å². The first-order valence-electron chi connectivity index (χ1n) is 10.3. The lowest BCUT2D eigenvalue weighted by molar-refractivity contribution is 0.169. The summed E-state index contributed by atoms with van der Waals surface area (Å²) < 4.78 is 17.3. The van der Waals surface area contributed by atoms with Crippen LogP contribution in [0.25, 0.3) is 5.70 Å². The van der Waals surface area contributed by atoms with Gasteiger partial charge in [0.2, 0.25) is 0 Å². The molecule has 3 aliphatic rings. The van der Waals surface area contributed by atoms with Gasteiger partial charge in [-0.05, 0) is 25.8 Å². The average Bonchev–Trinajstić information content (AvgIpc) is 3.22. The quantitative estimate of drug-likeness (QED) is 0.690. The van der Waals surface area contributed by atoms with Crippen molar-refractivity contribution >= 4 is 34.7 Å². The van der Waals surface area contributed by atoms with Gasteiger partial charge in [0, 0.05) is 36.8 Å². The molecule has 3 atom stereocenters. The smallest absolute Gasteiger partial charge is 0.259 e. The van der Waals surface area contributed by atoms with Gasteiger partial charge in [-0.15, -0.1) is 23.2 Å². The van der Waals surface area contributed by atoms with E-state index in [2.05, 4.69) is 15.0 Å². The molecule has 3 unspecified atom stereocenters. The van der Waals surface area contributed by atoms with E-state index >= 15 is 0 Å². The van der Waals surface area contributed by atoms with Crippen LogP contribution < -0.4 is 16.2 Å². The highest BCUT2D eigenvalue weighted by atomic mass is 35.5. The molecule has 1 saturated heterocycles. The Bertz CT molecular complexity index is 1150. The summed E-state index contributed by atoms with van der Waals surface area (Å²) in [5.41, 5.74) is 7.14. The molecule has 0 radical (unpaired) electrons. The Morgan fingerprint density at radius 3 is 2.71 bits per heavy atom. The number of hydrogen-bond donors (Lipinski definition) is 1. The van der Waals surface area contributed by atoms with E-state index in [-0.39, 0.29) is 28.2 Å². The summed E-state index contributed by atoms with van der Waals surface area (Å²) in [4.78, 5) is 19.7. The molecule has 2 aliphatic heterocycles. The minimum Gasteiger partial charge on any atom is -0.356 e. The first-order chi connectivity index (χ1) is 14.8. The van der Waals surface area contributed by atoms with Crippen LogP contribution in [0.15, 0.2) is 35.3 Å². The number of piperidine rings is 1. The van der Waals surface area contributed by atoms with Gasteiger partial charge in [0.05, 0.1) is 28.7 Å². The number of nitrogens with two attached hydrogens (primary N) is 1. The van der Waals surface area contributed by atoms with Gasteiger partial charge in [-0.1, -0.05) is 12.2 Å². The van der Waals surface area contributed by atoms with E-state index in [1.807, 2.05) is 0 Å². The van der Waals surface area contributed by atoms with Crippen molar-refractivity contribution in [2.45, 2.75) is 43.1 Å². The fourth-order valence-electron chi connectivity index (χ4n) is 5.01. The van der Waals surface area contributed by atoms with Gasteiger partial charge in [0.15, 0.2) is 5.82 Å². The first-order valence-corrected chi connectivity index (χ1v) is 11.2. The Hall–Kier alpha value is -2.16. The van der Waals surface area contributed by atoms with E-state index in [1.165, 1.54) is 16.8 Å². The number of rotatable bonds is 2. The van der Waals surface area contributed by atoms with E-state index in [4.69, 9.17) is 28.9 Å². The minimum absolute atomic E-state index is 0.196. The summed E-state index contributed by atoms with van der Waals surface area (Å²) in [5.74, 6) is 0.847. The third-order valence-electron chi connectivity index (χ3n) is 6.79. The summed E-state index contributed by atoms with van der Waals surface area (Å²) in [5, 5.41) is 3.22. The predicted octanol–water partition coefficient (Wildman–Crippen LogP) is 2.81. The zero-order chi connectivity index (χ0) is 21.9. The number of anilines is 1. The summed E-state index contributed by atoms with van der Waals surface area (Å²) >= 11 is 12.7. The van der Waals surface area contributed by atoms with Gasteiger partial charge in [-0.25, -0.2) is 9.37 Å². The van der Waals surface area contributed by atoms with Crippen LogP contribution in [0.1, 0.15) is 30.4 Å². The Kier molecular flexibility index (Phi) is 4.99. The normalized spacial score (nSPS) is 26.9. The van der Waals surface area contributed by atoms with Crippen molar-refractivity contribution in [2.24, 2.45) is 11.1 Å². The second kappa shape index (κ2) is 7.46. The largest absolute Gasteiger partial charge is 0.356 e. The number of aryl methyl sites for hydroxylation is 1. The molecule has 4 heterocycles. The van der Waals surface area contributed by atoms with Crippen LogP contribution >= 0.6 is 23.2 Å². The van der Waals surface area contributed by atoms with Crippen LogP contribution in [0.3, 0.4) is 0 Å². The maximum atomic E-state index is 14.1. The van der Waals surface area contributed by atoms with Gasteiger partial charge in [0.1, 0.15) is 11.6 Å². The highest BCUT2D eigenvalue weighted by Crippen LogP contribution is 2.48. The summed E-state index contributed by atoms with van der Waals surface area (Å²) in [6, 6.07) is 1.16. The molecule has 0 amide bonds. The van der Waals surface area contributed by atoms with Crippen LogP contribution in [-0.4, -0.2) is 43.2 Å². The number of nitrogens with zero attached hydrogens (tertiary/aromatic N) is 5. The number of aromatic nitrogens is 4. The molecule has 2 aromatic rings. The molecule has 1 aliphatic carbocycles. The van der Waals surface area contributed by atoms with E-state index in [0.717, 1.165) is 12.8 Å². The molecular formula is C21H23Cl2FN6O. The highest BCUT2D eigenvalue weighted by molar-refractivity contribution is 6.34. The van der Waals surface area contributed by atoms with Gasteiger partial charge in [-0.2, -0.15) is 5.10 Å². The Balaban J connectivity index is 1.37. The Morgan fingerprint density at radius 2 is 2.03 bits per heavy atom. The first kappa shape index (κ1) is 20.7. The molecule has 31 heavy (non-hydrogen) atoms. The molecule has 5 rings (SSSR count). The molecule has 7 nitrogen and oxygen atoms in total. The number of fused-ring (bicyclic) bond motifs is 1. The minimum atomic E-state index is -0.513. The molecule has 1 fully saturated rings.